The lowest BCUT2D eigenvalue weighted by Crippen LogP contribution is -2.51. The van der Waals surface area contributed by atoms with Gasteiger partial charge in [0.1, 0.15) is 29.5 Å². The van der Waals surface area contributed by atoms with Gasteiger partial charge in [-0.3, -0.25) is 9.59 Å². The van der Waals surface area contributed by atoms with Crippen LogP contribution in [0, 0.1) is 11.8 Å². The summed E-state index contributed by atoms with van der Waals surface area (Å²) in [7, 11) is 2.57. The van der Waals surface area contributed by atoms with Gasteiger partial charge in [-0.2, -0.15) is 0 Å². The van der Waals surface area contributed by atoms with Crippen LogP contribution in [0.25, 0.3) is 27.7 Å². The van der Waals surface area contributed by atoms with Gasteiger partial charge in [-0.25, -0.2) is 19.6 Å². The molecular weight excluding hydrogens is 843 g/mol. The Morgan fingerprint density at radius 2 is 1.41 bits per heavy atom. The van der Waals surface area contributed by atoms with Crippen molar-refractivity contribution in [1.29, 1.82) is 0 Å². The molecule has 0 bridgehead atoms. The molecule has 7 atom stereocenters. The van der Waals surface area contributed by atoms with E-state index in [1.807, 2.05) is 45.9 Å². The van der Waals surface area contributed by atoms with Crippen LogP contribution in [-0.2, 0) is 23.8 Å². The average Bonchev–Trinajstić information content (AvgIpc) is 4.17. The van der Waals surface area contributed by atoms with Crippen LogP contribution in [0.5, 0.6) is 5.75 Å². The van der Waals surface area contributed by atoms with E-state index in [2.05, 4.69) is 61.6 Å². The third-order valence-electron chi connectivity index (χ3n) is 13.4. The zero-order valence-electron chi connectivity index (χ0n) is 38.0. The molecule has 17 heteroatoms. The third kappa shape index (κ3) is 8.31. The molecule has 1 aliphatic carbocycles. The first-order valence-electron chi connectivity index (χ1n) is 22.7. The molecule has 4 aliphatic rings. The van der Waals surface area contributed by atoms with Gasteiger partial charge in [0.05, 0.1) is 61.7 Å². The number of likely N-dealkylation sites (tertiary alicyclic amines) is 2. The Labute approximate surface area is 382 Å². The molecule has 9 rings (SSSR count). The number of H-pyrrole nitrogens is 2. The number of carbonyl (C=O) groups is 4. The average molecular weight is 900 g/mol. The second kappa shape index (κ2) is 18.2. The number of nitrogens with zero attached hydrogens (tertiary/aromatic N) is 5. The van der Waals surface area contributed by atoms with Crippen LogP contribution in [0.1, 0.15) is 106 Å². The number of methoxy groups -OCH3 is 2. The number of aromatic amines is 2. The van der Waals surface area contributed by atoms with Crippen molar-refractivity contribution in [1.82, 2.24) is 44.9 Å². The van der Waals surface area contributed by atoms with Crippen LogP contribution in [0.2, 0.25) is 0 Å². The molecular formula is C49H57N9O8. The highest BCUT2D eigenvalue weighted by Gasteiger charge is 2.41. The summed E-state index contributed by atoms with van der Waals surface area (Å²) in [6.45, 7) is 8.70. The third-order valence-corrected chi connectivity index (χ3v) is 13.4. The molecule has 7 unspecified atom stereocenters. The summed E-state index contributed by atoms with van der Waals surface area (Å²) >= 11 is 0. The number of carbonyl (C=O) groups excluding carboxylic acids is 4. The first-order valence-corrected chi connectivity index (χ1v) is 22.7. The topological polar surface area (TPSA) is 209 Å². The number of hydrogen-bond acceptors (Lipinski definition) is 10. The quantitative estimate of drug-likeness (QED) is 0.0898. The number of nitrogens with one attached hydrogen (secondary N) is 4. The van der Waals surface area contributed by atoms with Gasteiger partial charge < -0.3 is 54.3 Å². The first kappa shape index (κ1) is 44.3. The summed E-state index contributed by atoms with van der Waals surface area (Å²) < 4.78 is 18.8. The van der Waals surface area contributed by atoms with Gasteiger partial charge in [0.25, 0.3) is 0 Å². The fraction of sp³-hybridized carbons (Fsp3) is 0.429. The molecule has 3 aromatic heterocycles. The predicted molar refractivity (Wildman–Crippen MR) is 245 cm³/mol. The van der Waals surface area contributed by atoms with Crippen LogP contribution in [0.15, 0.2) is 79.2 Å². The lowest BCUT2D eigenvalue weighted by molar-refractivity contribution is -0.136. The fourth-order valence-electron chi connectivity index (χ4n) is 9.97. The smallest absolute Gasteiger partial charge is 0.407 e. The molecule has 0 spiro atoms. The number of allylic oxidation sites excluding steroid dienone is 2. The second-order valence-corrected chi connectivity index (χ2v) is 18.2. The second-order valence-electron chi connectivity index (χ2n) is 18.2. The summed E-state index contributed by atoms with van der Waals surface area (Å²) in [6.07, 6.45) is 10.8. The standard InChI is InChI=1S/C49H57N9O8/c1-26(2)41(54-48(62)64-5)45(60)56-18-8-12-37(56)43-50-24-34(52-43)28-15-17-36-31(20-28)22-39-33-16-14-29(23-40(33)66-47(58(36)39)30-10-7-11-32(59)21-30)35-25-51-44(53-35)38-13-9-19-57(38)46(61)42(27(3)4)55-49(63)65-6/h7,10-11,14-17,20-27,33,37-38,40-42,47,59H,8-9,12-13,18-19H2,1-6H3,(H,50,52)(H,51,53)(H,54,62)(H,55,63). The number of benzene rings is 2. The molecule has 2 aromatic carbocycles. The minimum Gasteiger partial charge on any atom is -0.508 e. The monoisotopic (exact) mass is 899 g/mol. The Balaban J connectivity index is 0.987. The maximum absolute atomic E-state index is 13.8. The van der Waals surface area contributed by atoms with Crippen LogP contribution >= 0.6 is 0 Å². The minimum atomic E-state index is -0.730. The highest BCUT2D eigenvalue weighted by atomic mass is 16.5. The molecule has 3 aliphatic heterocycles. The molecule has 5 aromatic rings. The van der Waals surface area contributed by atoms with Crippen molar-refractivity contribution >= 4 is 40.5 Å². The number of ether oxygens (including phenoxy) is 3. The molecule has 5 N–H and O–H groups in total. The Morgan fingerprint density at radius 3 is 2.00 bits per heavy atom. The van der Waals surface area contributed by atoms with Crippen LogP contribution in [0.4, 0.5) is 9.59 Å². The molecule has 0 saturated carbocycles. The minimum absolute atomic E-state index is 0.133. The van der Waals surface area contributed by atoms with E-state index in [1.54, 1.807) is 34.3 Å². The van der Waals surface area contributed by atoms with E-state index in [0.717, 1.165) is 70.4 Å². The Kier molecular flexibility index (Phi) is 12.2. The van der Waals surface area contributed by atoms with Gasteiger partial charge in [0.2, 0.25) is 11.8 Å². The summed E-state index contributed by atoms with van der Waals surface area (Å²) in [5, 5.41) is 17.0. The molecule has 66 heavy (non-hydrogen) atoms. The van der Waals surface area contributed by atoms with Gasteiger partial charge in [-0.05, 0) is 79.5 Å². The van der Waals surface area contributed by atoms with E-state index in [4.69, 9.17) is 24.2 Å². The number of rotatable bonds is 11. The van der Waals surface area contributed by atoms with Gasteiger partial charge >= 0.3 is 12.2 Å². The lowest BCUT2D eigenvalue weighted by Gasteiger charge is -2.38. The first-order chi connectivity index (χ1) is 31.8. The maximum atomic E-state index is 13.8. The van der Waals surface area contributed by atoms with Gasteiger partial charge in [0, 0.05) is 41.2 Å². The fourth-order valence-corrected chi connectivity index (χ4v) is 9.97. The molecule has 2 fully saturated rings. The lowest BCUT2D eigenvalue weighted by atomic mass is 9.88. The molecule has 346 valence electrons. The van der Waals surface area contributed by atoms with E-state index in [0.29, 0.717) is 24.7 Å². The Bertz CT molecular complexity index is 2710. The van der Waals surface area contributed by atoms with E-state index in [1.165, 1.54) is 14.2 Å². The van der Waals surface area contributed by atoms with Crippen LogP contribution < -0.4 is 10.6 Å². The summed E-state index contributed by atoms with van der Waals surface area (Å²) in [4.78, 5) is 71.9. The van der Waals surface area contributed by atoms with Crippen molar-refractivity contribution in [3.63, 3.8) is 0 Å². The molecule has 6 heterocycles. The van der Waals surface area contributed by atoms with E-state index in [-0.39, 0.29) is 53.5 Å². The number of hydrogen-bond donors (Lipinski definition) is 5. The van der Waals surface area contributed by atoms with E-state index < -0.39 is 30.5 Å². The summed E-state index contributed by atoms with van der Waals surface area (Å²) in [5.74, 6) is 0.760. The van der Waals surface area contributed by atoms with Crippen LogP contribution in [-0.4, -0.2) is 109 Å². The van der Waals surface area contributed by atoms with Crippen molar-refractivity contribution in [3.8, 4) is 17.0 Å². The number of phenols is 1. The van der Waals surface area contributed by atoms with E-state index in [9.17, 15) is 24.3 Å². The predicted octanol–water partition coefficient (Wildman–Crippen LogP) is 7.23. The highest BCUT2D eigenvalue weighted by molar-refractivity contribution is 5.89. The summed E-state index contributed by atoms with van der Waals surface area (Å²) in [6, 6.07) is 13.6. The number of alkyl carbamates (subject to hydrolysis) is 2. The molecule has 2 saturated heterocycles. The van der Waals surface area contributed by atoms with Gasteiger partial charge in [-0.15, -0.1) is 0 Å². The zero-order valence-corrected chi connectivity index (χ0v) is 38.0. The van der Waals surface area contributed by atoms with Crippen molar-refractivity contribution in [2.45, 2.75) is 95.8 Å². The highest BCUT2D eigenvalue weighted by Crippen LogP contribution is 2.45. The number of amides is 4. The van der Waals surface area contributed by atoms with Gasteiger partial charge in [0.15, 0.2) is 6.23 Å². The largest absolute Gasteiger partial charge is 0.508 e. The maximum Gasteiger partial charge on any atom is 0.407 e. The van der Waals surface area contributed by atoms with Crippen molar-refractivity contribution in [2.24, 2.45) is 11.8 Å². The number of fused-ring (bicyclic) bond motifs is 5. The number of aromatic nitrogens is 5. The molecule has 0 radical (unpaired) electrons. The SMILES string of the molecule is COC(=O)NC(C(=O)N1CCCC1c1ncc(C2=CC3OC(c4cccc(O)c4)n4c(cc5cc(-c6cnc(C7CCCN7C(=O)C(NC(=O)OC)C(C)C)[nH]6)ccc54)C3C=C2)[nH]1)C(C)C. The Hall–Kier alpha value is -6.88. The van der Waals surface area contributed by atoms with Crippen molar-refractivity contribution in [2.75, 3.05) is 27.3 Å². The molecule has 17 nitrogen and oxygen atoms in total. The number of aromatic hydroxyl groups is 1. The van der Waals surface area contributed by atoms with Crippen LogP contribution in [0.3, 0.4) is 0 Å². The Morgan fingerprint density at radius 1 is 0.803 bits per heavy atom. The molecule has 4 amide bonds. The zero-order chi connectivity index (χ0) is 46.4. The van der Waals surface area contributed by atoms with E-state index >= 15 is 0 Å². The number of imidazole rings is 2. The summed E-state index contributed by atoms with van der Waals surface area (Å²) in [5.41, 5.74) is 6.25. The van der Waals surface area contributed by atoms with Crippen molar-refractivity contribution < 1.29 is 38.5 Å². The van der Waals surface area contributed by atoms with Gasteiger partial charge in [-0.1, -0.05) is 58.0 Å². The normalized spacial score (nSPS) is 22.2. The van der Waals surface area contributed by atoms with Crippen molar-refractivity contribution in [3.05, 3.63) is 108 Å². The number of phenolic OH excluding ortho intramolecular Hbond substituents is 1.